The van der Waals surface area contributed by atoms with Crippen LogP contribution >= 0.6 is 0 Å². The molecule has 0 aliphatic heterocycles. The molecule has 0 aromatic heterocycles. The van der Waals surface area contributed by atoms with Crippen molar-refractivity contribution < 1.29 is 13.3 Å². The quantitative estimate of drug-likeness (QED) is 0.355. The van der Waals surface area contributed by atoms with Gasteiger partial charge in [0.1, 0.15) is 0 Å². The molecule has 4 heteroatoms. The molecule has 0 saturated carbocycles. The summed E-state index contributed by atoms with van der Waals surface area (Å²) in [6.07, 6.45) is 11.5. The highest BCUT2D eigenvalue weighted by Crippen LogP contribution is 2.07. The topological polar surface area (TPSA) is 27.7 Å². The summed E-state index contributed by atoms with van der Waals surface area (Å²) in [5, 5.41) is 0. The van der Waals surface area contributed by atoms with E-state index in [4.69, 9.17) is 13.3 Å². The van der Waals surface area contributed by atoms with Crippen LogP contribution in [0.3, 0.4) is 0 Å². The van der Waals surface area contributed by atoms with Gasteiger partial charge in [-0.25, -0.2) is 0 Å². The molecule has 3 nitrogen and oxygen atoms in total. The Morgan fingerprint density at radius 2 is 0.800 bits per heavy atom. The van der Waals surface area contributed by atoms with Crippen molar-refractivity contribution in [2.45, 2.75) is 86.0 Å². The van der Waals surface area contributed by atoms with E-state index in [9.17, 15) is 0 Å². The van der Waals surface area contributed by atoms with Crippen LogP contribution in [0.25, 0.3) is 0 Å². The van der Waals surface area contributed by atoms with Crippen molar-refractivity contribution in [1.29, 1.82) is 0 Å². The van der Waals surface area contributed by atoms with E-state index < -0.39 is 9.53 Å². The molecule has 0 aromatic carbocycles. The van der Waals surface area contributed by atoms with Crippen LogP contribution in [0.1, 0.15) is 86.0 Å². The maximum Gasteiger partial charge on any atom is 0.484 e. The second-order valence-corrected chi connectivity index (χ2v) is 6.35. The zero-order chi connectivity index (χ0) is 15.5. The third kappa shape index (κ3) is 20.4. The van der Waals surface area contributed by atoms with Crippen LogP contribution in [0.15, 0.2) is 0 Å². The number of hydrogen-bond donors (Lipinski definition) is 0. The van der Waals surface area contributed by atoms with Gasteiger partial charge in [-0.3, -0.25) is 0 Å². The standard InChI is InChI=1S/C10H22.C6H16O3Si/c1-3-5-7-9-10-8-6-4-2;1-4-7-10(8-5-2)9-6-3/h3-10H2,1-2H3;10H,4-6H2,1-3H3. The average Bonchev–Trinajstić information content (AvgIpc) is 2.44. The third-order valence-corrected chi connectivity index (χ3v) is 4.68. The van der Waals surface area contributed by atoms with Crippen LogP contribution in [0.4, 0.5) is 0 Å². The van der Waals surface area contributed by atoms with Gasteiger partial charge in [0.15, 0.2) is 0 Å². The van der Waals surface area contributed by atoms with Crippen molar-refractivity contribution >= 4 is 9.53 Å². The van der Waals surface area contributed by atoms with Crippen molar-refractivity contribution in [3.05, 3.63) is 0 Å². The van der Waals surface area contributed by atoms with Gasteiger partial charge in [-0.2, -0.15) is 0 Å². The van der Waals surface area contributed by atoms with Gasteiger partial charge in [-0.1, -0.05) is 65.2 Å². The summed E-state index contributed by atoms with van der Waals surface area (Å²) >= 11 is 0. The summed E-state index contributed by atoms with van der Waals surface area (Å²) in [5.74, 6) is 0. The summed E-state index contributed by atoms with van der Waals surface area (Å²) in [4.78, 5) is 0. The van der Waals surface area contributed by atoms with Gasteiger partial charge in [0.05, 0.1) is 0 Å². The second-order valence-electron chi connectivity index (χ2n) is 4.78. The number of hydrogen-bond acceptors (Lipinski definition) is 3. The van der Waals surface area contributed by atoms with Gasteiger partial charge < -0.3 is 13.3 Å². The van der Waals surface area contributed by atoms with Gasteiger partial charge in [-0.15, -0.1) is 0 Å². The first-order chi connectivity index (χ1) is 9.76. The fourth-order valence-electron chi connectivity index (χ4n) is 1.76. The van der Waals surface area contributed by atoms with Gasteiger partial charge in [-0.05, 0) is 20.8 Å². The van der Waals surface area contributed by atoms with Crippen molar-refractivity contribution in [2.24, 2.45) is 0 Å². The minimum atomic E-state index is -1.73. The lowest BCUT2D eigenvalue weighted by molar-refractivity contribution is 0.107. The van der Waals surface area contributed by atoms with E-state index in [2.05, 4.69) is 13.8 Å². The highest BCUT2D eigenvalue weighted by atomic mass is 28.3. The Hall–Kier alpha value is 0.0969. The molecule has 0 aliphatic rings. The molecule has 0 amide bonds. The highest BCUT2D eigenvalue weighted by molar-refractivity contribution is 6.36. The molecule has 0 bridgehead atoms. The molecule has 0 fully saturated rings. The summed E-state index contributed by atoms with van der Waals surface area (Å²) in [6, 6.07) is 0. The van der Waals surface area contributed by atoms with Crippen LogP contribution in [0, 0.1) is 0 Å². The first kappa shape index (κ1) is 22.4. The molecule has 0 unspecified atom stereocenters. The molecule has 20 heavy (non-hydrogen) atoms. The molecule has 0 aromatic rings. The summed E-state index contributed by atoms with van der Waals surface area (Å²) in [7, 11) is -1.73. The van der Waals surface area contributed by atoms with Crippen LogP contribution in [-0.2, 0) is 13.3 Å². The smallest absolute Gasteiger partial charge is 0.376 e. The fourth-order valence-corrected chi connectivity index (χ4v) is 2.86. The van der Waals surface area contributed by atoms with Crippen molar-refractivity contribution in [3.8, 4) is 0 Å². The van der Waals surface area contributed by atoms with E-state index in [0.29, 0.717) is 19.8 Å². The zero-order valence-corrected chi connectivity index (χ0v) is 15.7. The lowest BCUT2D eigenvalue weighted by Gasteiger charge is -2.12. The zero-order valence-electron chi connectivity index (χ0n) is 14.6. The van der Waals surface area contributed by atoms with Crippen molar-refractivity contribution in [1.82, 2.24) is 0 Å². The van der Waals surface area contributed by atoms with E-state index in [1.807, 2.05) is 20.8 Å². The molecule has 0 N–H and O–H groups in total. The summed E-state index contributed by atoms with van der Waals surface area (Å²) < 4.78 is 15.7. The lowest BCUT2D eigenvalue weighted by Crippen LogP contribution is -2.27. The Morgan fingerprint density at radius 1 is 0.500 bits per heavy atom. The minimum Gasteiger partial charge on any atom is -0.376 e. The molecule has 0 atom stereocenters. The van der Waals surface area contributed by atoms with Gasteiger partial charge in [0.2, 0.25) is 0 Å². The average molecular weight is 307 g/mol. The molecular formula is C16H38O3Si. The SMILES string of the molecule is CCCCCCCCCC.CCO[SiH](OCC)OCC. The van der Waals surface area contributed by atoms with E-state index in [-0.39, 0.29) is 0 Å². The Labute approximate surface area is 129 Å². The minimum absolute atomic E-state index is 0.677. The predicted octanol–water partition coefficient (Wildman–Crippen LogP) is 4.96. The van der Waals surface area contributed by atoms with Gasteiger partial charge >= 0.3 is 9.53 Å². The predicted molar refractivity (Wildman–Crippen MR) is 90.3 cm³/mol. The van der Waals surface area contributed by atoms with Crippen LogP contribution in [0.5, 0.6) is 0 Å². The first-order valence-electron chi connectivity index (χ1n) is 8.61. The molecule has 124 valence electrons. The van der Waals surface area contributed by atoms with E-state index in [1.54, 1.807) is 0 Å². The third-order valence-electron chi connectivity index (χ3n) is 2.87. The van der Waals surface area contributed by atoms with E-state index in [1.165, 1.54) is 51.4 Å². The molecular weight excluding hydrogens is 268 g/mol. The van der Waals surface area contributed by atoms with Gasteiger partial charge in [0, 0.05) is 19.8 Å². The van der Waals surface area contributed by atoms with E-state index in [0.717, 1.165) is 0 Å². The van der Waals surface area contributed by atoms with Crippen LogP contribution < -0.4 is 0 Å². The van der Waals surface area contributed by atoms with Crippen LogP contribution in [0.2, 0.25) is 0 Å². The normalized spacial score (nSPS) is 10.5. The molecule has 0 spiro atoms. The highest BCUT2D eigenvalue weighted by Gasteiger charge is 2.11. The Morgan fingerprint density at radius 3 is 1.05 bits per heavy atom. The molecule has 0 radical (unpaired) electrons. The lowest BCUT2D eigenvalue weighted by atomic mass is 10.1. The Bertz CT molecular complexity index is 134. The monoisotopic (exact) mass is 306 g/mol. The summed E-state index contributed by atoms with van der Waals surface area (Å²) in [5.41, 5.74) is 0. The van der Waals surface area contributed by atoms with E-state index >= 15 is 0 Å². The summed E-state index contributed by atoms with van der Waals surface area (Å²) in [6.45, 7) is 12.4. The largest absolute Gasteiger partial charge is 0.484 e. The van der Waals surface area contributed by atoms with Crippen LogP contribution in [-0.4, -0.2) is 29.3 Å². The Balaban J connectivity index is 0. The first-order valence-corrected chi connectivity index (χ1v) is 10.0. The fraction of sp³-hybridized carbons (Fsp3) is 1.00. The number of unbranched alkanes of at least 4 members (excludes halogenated alkanes) is 7. The maximum absolute atomic E-state index is 5.22. The van der Waals surface area contributed by atoms with Crippen molar-refractivity contribution in [2.75, 3.05) is 19.8 Å². The van der Waals surface area contributed by atoms with Crippen molar-refractivity contribution in [3.63, 3.8) is 0 Å². The number of rotatable bonds is 13. The van der Waals surface area contributed by atoms with Gasteiger partial charge in [0.25, 0.3) is 0 Å². The Kier molecular flexibility index (Phi) is 23.9. The second kappa shape index (κ2) is 21.4. The molecule has 0 aliphatic carbocycles. The molecule has 0 saturated heterocycles. The molecule has 0 heterocycles. The maximum atomic E-state index is 5.22. The molecule has 0 rings (SSSR count).